The van der Waals surface area contributed by atoms with E-state index >= 15 is 0 Å². The van der Waals surface area contributed by atoms with Gasteiger partial charge in [-0.05, 0) is 67.9 Å². The number of alkyl halides is 3. The van der Waals surface area contributed by atoms with Crippen LogP contribution in [0.1, 0.15) is 11.6 Å². The number of hydrogen-bond donors (Lipinski definition) is 2. The fourth-order valence-electron chi connectivity index (χ4n) is 3.63. The largest absolute Gasteiger partial charge is 0.490 e. The first kappa shape index (κ1) is 27.9. The van der Waals surface area contributed by atoms with E-state index in [4.69, 9.17) is 9.90 Å². The van der Waals surface area contributed by atoms with Crippen LogP contribution < -0.4 is 5.32 Å². The lowest BCUT2D eigenvalue weighted by Gasteiger charge is -2.09. The second-order valence-electron chi connectivity index (χ2n) is 8.49. The Balaban J connectivity index is 0.000000470. The maximum atomic E-state index is 14.4. The molecule has 2 aromatic carbocycles. The predicted molar refractivity (Wildman–Crippen MR) is 137 cm³/mol. The van der Waals surface area contributed by atoms with E-state index < -0.39 is 12.1 Å². The first-order valence-corrected chi connectivity index (χ1v) is 11.6. The van der Waals surface area contributed by atoms with Crippen molar-refractivity contribution in [1.29, 1.82) is 0 Å². The van der Waals surface area contributed by atoms with Crippen LogP contribution in [0.5, 0.6) is 0 Å². The van der Waals surface area contributed by atoms with Gasteiger partial charge in [-0.3, -0.25) is 4.68 Å². The number of rotatable bonds is 5. The fraction of sp³-hybridized carbons (Fsp3) is 0.154. The summed E-state index contributed by atoms with van der Waals surface area (Å²) in [6, 6.07) is 14.3. The van der Waals surface area contributed by atoms with Gasteiger partial charge in [0.05, 0.1) is 17.6 Å². The molecule has 5 aromatic rings. The van der Waals surface area contributed by atoms with Crippen molar-refractivity contribution in [2.24, 2.45) is 7.05 Å². The summed E-state index contributed by atoms with van der Waals surface area (Å²) >= 11 is 0. The van der Waals surface area contributed by atoms with Crippen molar-refractivity contribution in [1.82, 2.24) is 34.5 Å². The molecule has 10 nitrogen and oxygen atoms in total. The molecular formula is C26H22F4N8O2. The maximum Gasteiger partial charge on any atom is 0.490 e. The van der Waals surface area contributed by atoms with Gasteiger partial charge in [0.25, 0.3) is 0 Å². The van der Waals surface area contributed by atoms with E-state index in [0.29, 0.717) is 17.2 Å². The van der Waals surface area contributed by atoms with Crippen LogP contribution in [-0.2, 0) is 11.8 Å². The average molecular weight is 555 g/mol. The lowest BCUT2D eigenvalue weighted by Crippen LogP contribution is -2.21. The molecule has 0 radical (unpaired) electrons. The third-order valence-electron chi connectivity index (χ3n) is 5.37. The van der Waals surface area contributed by atoms with E-state index in [9.17, 15) is 17.6 Å². The number of aliphatic carboxylic acids is 1. The van der Waals surface area contributed by atoms with Crippen molar-refractivity contribution >= 4 is 17.6 Å². The molecule has 14 heteroatoms. The molecule has 0 aliphatic carbocycles. The van der Waals surface area contributed by atoms with Crippen molar-refractivity contribution < 1.29 is 27.5 Å². The Bertz CT molecular complexity index is 1650. The summed E-state index contributed by atoms with van der Waals surface area (Å²) in [4.78, 5) is 22.1. The minimum atomic E-state index is -5.08. The standard InChI is InChI=1S/C24H21FN8.C2HF3O2/c1-15-28-16(2)33(31-15)22-6-4-21(5-7-22)29-24-26-9-8-23(30-24)18-10-17(11-20(25)12-18)19-13-27-32(3)14-19;3-2(4,5)1(6)7/h4-14H,1-3H3,(H,26,29,30);(H,6,7). The summed E-state index contributed by atoms with van der Waals surface area (Å²) in [5, 5.41) is 18.9. The van der Waals surface area contributed by atoms with E-state index in [1.807, 2.05) is 57.4 Å². The smallest absolute Gasteiger partial charge is 0.475 e. The molecule has 0 bridgehead atoms. The minimum Gasteiger partial charge on any atom is -0.475 e. The van der Waals surface area contributed by atoms with Gasteiger partial charge < -0.3 is 10.4 Å². The molecule has 0 aliphatic rings. The van der Waals surface area contributed by atoms with Crippen molar-refractivity contribution in [3.8, 4) is 28.1 Å². The molecule has 3 aromatic heterocycles. The van der Waals surface area contributed by atoms with Gasteiger partial charge in [-0.1, -0.05) is 0 Å². The van der Waals surface area contributed by atoms with Crippen LogP contribution in [0, 0.1) is 19.7 Å². The topological polar surface area (TPSA) is 124 Å². The van der Waals surface area contributed by atoms with E-state index in [0.717, 1.165) is 34.2 Å². The average Bonchev–Trinajstić information content (AvgIpc) is 3.48. The Morgan fingerprint density at radius 1 is 0.975 bits per heavy atom. The van der Waals surface area contributed by atoms with Crippen molar-refractivity contribution in [2.45, 2.75) is 20.0 Å². The summed E-state index contributed by atoms with van der Waals surface area (Å²) in [6.45, 7) is 3.78. The lowest BCUT2D eigenvalue weighted by atomic mass is 10.0. The molecule has 2 N–H and O–H groups in total. The van der Waals surface area contributed by atoms with Crippen LogP contribution in [0.25, 0.3) is 28.1 Å². The molecule has 0 unspecified atom stereocenters. The highest BCUT2D eigenvalue weighted by atomic mass is 19.4. The van der Waals surface area contributed by atoms with Crippen molar-refractivity contribution in [3.63, 3.8) is 0 Å². The SMILES string of the molecule is Cc1nc(C)n(-c2ccc(Nc3nccc(-c4cc(F)cc(-c5cnn(C)c5)c4)n3)cc2)n1.O=C(O)C(F)(F)F. The maximum absolute atomic E-state index is 14.4. The quantitative estimate of drug-likeness (QED) is 0.282. The van der Waals surface area contributed by atoms with E-state index in [1.54, 1.807) is 27.8 Å². The zero-order chi connectivity index (χ0) is 29.0. The van der Waals surface area contributed by atoms with Gasteiger partial charge in [0.15, 0.2) is 0 Å². The molecule has 206 valence electrons. The molecule has 0 atom stereocenters. The number of aromatic nitrogens is 7. The fourth-order valence-corrected chi connectivity index (χ4v) is 3.63. The number of aryl methyl sites for hydroxylation is 3. The second kappa shape index (κ2) is 11.3. The summed E-state index contributed by atoms with van der Waals surface area (Å²) in [7, 11) is 1.83. The van der Waals surface area contributed by atoms with Gasteiger partial charge in [-0.25, -0.2) is 28.8 Å². The number of halogens is 4. The molecule has 5 rings (SSSR count). The molecule has 0 aliphatic heterocycles. The molecular weight excluding hydrogens is 532 g/mol. The molecule has 40 heavy (non-hydrogen) atoms. The molecule has 0 spiro atoms. The molecule has 0 amide bonds. The van der Waals surface area contributed by atoms with Crippen LogP contribution >= 0.6 is 0 Å². The Hall–Kier alpha value is -5.14. The first-order valence-electron chi connectivity index (χ1n) is 11.6. The Morgan fingerprint density at radius 2 is 1.65 bits per heavy atom. The normalized spacial score (nSPS) is 11.1. The number of nitrogens with one attached hydrogen (secondary N) is 1. The second-order valence-corrected chi connectivity index (χ2v) is 8.49. The van der Waals surface area contributed by atoms with Crippen molar-refractivity contribution in [3.05, 3.63) is 84.6 Å². The van der Waals surface area contributed by atoms with Crippen LogP contribution in [-0.4, -0.2) is 51.8 Å². The van der Waals surface area contributed by atoms with Crippen LogP contribution in [0.2, 0.25) is 0 Å². The van der Waals surface area contributed by atoms with Crippen molar-refractivity contribution in [2.75, 3.05) is 5.32 Å². The highest BCUT2D eigenvalue weighted by Gasteiger charge is 2.38. The zero-order valence-electron chi connectivity index (χ0n) is 21.3. The Labute approximate surface area is 225 Å². The van der Waals surface area contributed by atoms with Gasteiger partial charge >= 0.3 is 12.1 Å². The van der Waals surface area contributed by atoms with Gasteiger partial charge in [0.2, 0.25) is 5.95 Å². The van der Waals surface area contributed by atoms with Crippen LogP contribution in [0.4, 0.5) is 29.2 Å². The summed E-state index contributed by atoms with van der Waals surface area (Å²) in [5.41, 5.74) is 4.58. The van der Waals surface area contributed by atoms with Gasteiger partial charge in [-0.2, -0.15) is 23.4 Å². The summed E-state index contributed by atoms with van der Waals surface area (Å²) in [6.07, 6.45) is 0.115. The highest BCUT2D eigenvalue weighted by molar-refractivity contribution is 5.73. The lowest BCUT2D eigenvalue weighted by molar-refractivity contribution is -0.192. The third kappa shape index (κ3) is 6.83. The van der Waals surface area contributed by atoms with Crippen LogP contribution in [0.3, 0.4) is 0 Å². The monoisotopic (exact) mass is 554 g/mol. The highest BCUT2D eigenvalue weighted by Crippen LogP contribution is 2.27. The Morgan fingerprint density at radius 3 is 2.23 bits per heavy atom. The molecule has 0 saturated carbocycles. The van der Waals surface area contributed by atoms with E-state index in [-0.39, 0.29) is 5.82 Å². The van der Waals surface area contributed by atoms with E-state index in [2.05, 4.69) is 30.5 Å². The Kier molecular flexibility index (Phi) is 7.88. The molecule has 0 saturated heterocycles. The first-order chi connectivity index (χ1) is 18.9. The molecule has 3 heterocycles. The predicted octanol–water partition coefficient (Wildman–Crippen LogP) is 5.26. The summed E-state index contributed by atoms with van der Waals surface area (Å²) in [5.74, 6) is -1.13. The van der Waals surface area contributed by atoms with Crippen LogP contribution in [0.15, 0.2) is 67.1 Å². The number of carboxylic acid groups (broad SMARTS) is 1. The number of carbonyl (C=O) groups is 1. The number of benzene rings is 2. The van der Waals surface area contributed by atoms with Gasteiger partial charge in [-0.15, -0.1) is 0 Å². The number of hydrogen-bond acceptors (Lipinski definition) is 7. The van der Waals surface area contributed by atoms with Gasteiger partial charge in [0, 0.05) is 36.3 Å². The number of carboxylic acids is 1. The number of nitrogens with zero attached hydrogens (tertiary/aromatic N) is 7. The molecule has 0 fully saturated rings. The summed E-state index contributed by atoms with van der Waals surface area (Å²) < 4.78 is 49.6. The third-order valence-corrected chi connectivity index (χ3v) is 5.37. The minimum absolute atomic E-state index is 0.339. The zero-order valence-corrected chi connectivity index (χ0v) is 21.3. The van der Waals surface area contributed by atoms with Gasteiger partial charge in [0.1, 0.15) is 17.5 Å². The van der Waals surface area contributed by atoms with E-state index in [1.165, 1.54) is 12.1 Å². The number of anilines is 2.